The van der Waals surface area contributed by atoms with Crippen LogP contribution in [0.15, 0.2) is 65.1 Å². The van der Waals surface area contributed by atoms with E-state index in [4.69, 9.17) is 0 Å². The Balaban J connectivity index is 1.92. The van der Waals surface area contributed by atoms with Gasteiger partial charge in [0.1, 0.15) is 11.6 Å². The molecule has 1 N–H and O–H groups in total. The van der Waals surface area contributed by atoms with Gasteiger partial charge in [0.15, 0.2) is 0 Å². The van der Waals surface area contributed by atoms with E-state index in [2.05, 4.69) is 15.9 Å². The Morgan fingerprint density at radius 3 is 2.65 bits per heavy atom. The predicted octanol–water partition coefficient (Wildman–Crippen LogP) is 5.68. The van der Waals surface area contributed by atoms with Crippen molar-refractivity contribution in [2.75, 3.05) is 4.90 Å². The maximum Gasteiger partial charge on any atom is 0.260 e. The third-order valence-electron chi connectivity index (χ3n) is 4.70. The lowest BCUT2D eigenvalue weighted by Gasteiger charge is -2.37. The fourth-order valence-electron chi connectivity index (χ4n) is 3.48. The molecule has 0 spiro atoms. The number of rotatable bonds is 1. The number of phenols is 1. The summed E-state index contributed by atoms with van der Waals surface area (Å²) in [6, 6.07) is 16.5. The van der Waals surface area contributed by atoms with E-state index in [0.29, 0.717) is 10.0 Å². The fourth-order valence-corrected chi connectivity index (χ4v) is 3.89. The van der Waals surface area contributed by atoms with Gasteiger partial charge in [-0.05, 0) is 70.4 Å². The second-order valence-corrected chi connectivity index (χ2v) is 7.12. The fraction of sp³-hybridized carbons (Fsp3) is 0.0952. The van der Waals surface area contributed by atoms with Crippen LogP contribution < -0.4 is 4.90 Å². The molecule has 0 saturated heterocycles. The summed E-state index contributed by atoms with van der Waals surface area (Å²) in [5.74, 6) is -0.579. The highest BCUT2D eigenvalue weighted by atomic mass is 79.9. The number of carbonyl (C=O) groups is 1. The van der Waals surface area contributed by atoms with Crippen LogP contribution in [0.3, 0.4) is 0 Å². The maximum absolute atomic E-state index is 13.9. The van der Waals surface area contributed by atoms with Gasteiger partial charge in [-0.1, -0.05) is 24.3 Å². The number of aromatic hydroxyl groups is 1. The molecular formula is C21H15BrFNO2. The zero-order chi connectivity index (χ0) is 18.4. The number of nitrogens with zero attached hydrogens (tertiary/aromatic N) is 1. The van der Waals surface area contributed by atoms with Crippen molar-refractivity contribution in [1.82, 2.24) is 0 Å². The number of halogens is 2. The van der Waals surface area contributed by atoms with E-state index in [0.717, 1.165) is 22.4 Å². The summed E-state index contributed by atoms with van der Waals surface area (Å²) in [6.07, 6.45) is 0. The highest BCUT2D eigenvalue weighted by Crippen LogP contribution is 2.45. The number of benzene rings is 3. The molecule has 0 radical (unpaired) electrons. The molecule has 0 bridgehead atoms. The summed E-state index contributed by atoms with van der Waals surface area (Å²) in [5, 5.41) is 9.80. The van der Waals surface area contributed by atoms with Gasteiger partial charge in [-0.2, -0.15) is 0 Å². The standard InChI is InChI=1S/C21H15BrFNO2/c1-12-17-10-13(23)6-8-15(17)16-4-2-3-5-20(16)24(12)21(26)18-11-14(25)7-9-19(18)22/h2-12,25H,1H3/t12-/m0/s1. The number of carbonyl (C=O) groups excluding carboxylic acids is 1. The van der Waals surface area contributed by atoms with Crippen molar-refractivity contribution in [3.05, 3.63) is 82.1 Å². The van der Waals surface area contributed by atoms with Crippen LogP contribution in [0.25, 0.3) is 11.1 Å². The number of phenolic OH excluding ortho intramolecular Hbond substituents is 1. The van der Waals surface area contributed by atoms with Crippen molar-refractivity contribution in [3.8, 4) is 16.9 Å². The Labute approximate surface area is 158 Å². The summed E-state index contributed by atoms with van der Waals surface area (Å²) in [5.41, 5.74) is 3.68. The van der Waals surface area contributed by atoms with Gasteiger partial charge in [-0.25, -0.2) is 4.39 Å². The Morgan fingerprint density at radius 1 is 1.08 bits per heavy atom. The van der Waals surface area contributed by atoms with E-state index < -0.39 is 0 Å². The monoisotopic (exact) mass is 411 g/mol. The SMILES string of the molecule is C[C@H]1c2cc(F)ccc2-c2ccccc2N1C(=O)c1cc(O)ccc1Br. The zero-order valence-electron chi connectivity index (χ0n) is 13.9. The van der Waals surface area contributed by atoms with Crippen molar-refractivity contribution in [1.29, 1.82) is 0 Å². The lowest BCUT2D eigenvalue weighted by Crippen LogP contribution is -2.36. The molecule has 3 aromatic rings. The molecule has 1 aliphatic rings. The van der Waals surface area contributed by atoms with Crippen LogP contribution in [0.2, 0.25) is 0 Å². The van der Waals surface area contributed by atoms with Crippen LogP contribution in [0.4, 0.5) is 10.1 Å². The van der Waals surface area contributed by atoms with Crippen LogP contribution in [0.5, 0.6) is 5.75 Å². The second kappa shape index (κ2) is 6.25. The number of para-hydroxylation sites is 1. The van der Waals surface area contributed by atoms with Gasteiger partial charge in [0.05, 0.1) is 17.3 Å². The van der Waals surface area contributed by atoms with Crippen LogP contribution >= 0.6 is 15.9 Å². The van der Waals surface area contributed by atoms with Crippen molar-refractivity contribution in [2.24, 2.45) is 0 Å². The highest BCUT2D eigenvalue weighted by molar-refractivity contribution is 9.10. The summed E-state index contributed by atoms with van der Waals surface area (Å²) in [7, 11) is 0. The van der Waals surface area contributed by atoms with Crippen LogP contribution in [-0.2, 0) is 0 Å². The zero-order valence-corrected chi connectivity index (χ0v) is 15.5. The molecule has 0 aliphatic carbocycles. The van der Waals surface area contributed by atoms with Gasteiger partial charge in [0, 0.05) is 10.0 Å². The van der Waals surface area contributed by atoms with Crippen LogP contribution in [0.1, 0.15) is 28.9 Å². The largest absolute Gasteiger partial charge is 0.508 e. The van der Waals surface area contributed by atoms with Gasteiger partial charge in [0.25, 0.3) is 5.91 Å². The molecule has 3 aromatic carbocycles. The normalized spacial score (nSPS) is 15.3. The molecule has 5 heteroatoms. The smallest absolute Gasteiger partial charge is 0.260 e. The number of amides is 1. The predicted molar refractivity (Wildman–Crippen MR) is 103 cm³/mol. The van der Waals surface area contributed by atoms with Crippen LogP contribution in [0, 0.1) is 5.82 Å². The van der Waals surface area contributed by atoms with Gasteiger partial charge < -0.3 is 10.0 Å². The Hall–Kier alpha value is -2.66. The second-order valence-electron chi connectivity index (χ2n) is 6.26. The van der Waals surface area contributed by atoms with Gasteiger partial charge in [0.2, 0.25) is 0 Å². The topological polar surface area (TPSA) is 40.5 Å². The average Bonchev–Trinajstić information content (AvgIpc) is 2.64. The molecule has 1 aliphatic heterocycles. The van der Waals surface area contributed by atoms with E-state index in [-0.39, 0.29) is 23.5 Å². The van der Waals surface area contributed by atoms with Crippen molar-refractivity contribution in [3.63, 3.8) is 0 Å². The van der Waals surface area contributed by atoms with Gasteiger partial charge >= 0.3 is 0 Å². The van der Waals surface area contributed by atoms with Crippen molar-refractivity contribution in [2.45, 2.75) is 13.0 Å². The van der Waals surface area contributed by atoms with Gasteiger partial charge in [-0.3, -0.25) is 4.79 Å². The van der Waals surface area contributed by atoms with E-state index in [1.54, 1.807) is 17.0 Å². The van der Waals surface area contributed by atoms with E-state index in [9.17, 15) is 14.3 Å². The lowest BCUT2D eigenvalue weighted by atomic mass is 9.88. The first-order chi connectivity index (χ1) is 12.5. The first-order valence-corrected chi connectivity index (χ1v) is 8.97. The van der Waals surface area contributed by atoms with Gasteiger partial charge in [-0.15, -0.1) is 0 Å². The number of anilines is 1. The maximum atomic E-state index is 13.9. The Kier molecular flexibility index (Phi) is 4.04. The summed E-state index contributed by atoms with van der Waals surface area (Å²) >= 11 is 3.38. The van der Waals surface area contributed by atoms with E-state index >= 15 is 0 Å². The first kappa shape index (κ1) is 16.8. The van der Waals surface area contributed by atoms with E-state index in [1.165, 1.54) is 24.3 Å². The Bertz CT molecular complexity index is 1030. The van der Waals surface area contributed by atoms with E-state index in [1.807, 2.05) is 31.2 Å². The molecule has 1 atom stereocenters. The summed E-state index contributed by atoms with van der Waals surface area (Å²) in [4.78, 5) is 15.0. The molecule has 1 amide bonds. The quantitative estimate of drug-likeness (QED) is 0.559. The summed E-state index contributed by atoms with van der Waals surface area (Å²) < 4.78 is 14.5. The van der Waals surface area contributed by atoms with Crippen molar-refractivity contribution < 1.29 is 14.3 Å². The lowest BCUT2D eigenvalue weighted by molar-refractivity contribution is 0.0976. The first-order valence-electron chi connectivity index (χ1n) is 8.18. The molecule has 0 aromatic heterocycles. The molecule has 3 nitrogen and oxygen atoms in total. The molecule has 0 fully saturated rings. The Morgan fingerprint density at radius 2 is 1.85 bits per heavy atom. The molecule has 1 heterocycles. The molecular weight excluding hydrogens is 397 g/mol. The minimum absolute atomic E-state index is 0.0148. The van der Waals surface area contributed by atoms with Crippen molar-refractivity contribution >= 4 is 27.5 Å². The number of fused-ring (bicyclic) bond motifs is 3. The molecule has 26 heavy (non-hydrogen) atoms. The third kappa shape index (κ3) is 2.59. The third-order valence-corrected chi connectivity index (χ3v) is 5.40. The molecule has 4 rings (SSSR count). The molecule has 0 unspecified atom stereocenters. The highest BCUT2D eigenvalue weighted by Gasteiger charge is 2.33. The summed E-state index contributed by atoms with van der Waals surface area (Å²) in [6.45, 7) is 1.88. The average molecular weight is 412 g/mol. The number of hydrogen-bond acceptors (Lipinski definition) is 2. The minimum Gasteiger partial charge on any atom is -0.508 e. The minimum atomic E-state index is -0.350. The molecule has 130 valence electrons. The molecule has 0 saturated carbocycles. The number of hydrogen-bond donors (Lipinski definition) is 1. The van der Waals surface area contributed by atoms with Crippen LogP contribution in [-0.4, -0.2) is 11.0 Å².